The second-order valence-corrected chi connectivity index (χ2v) is 8.87. The van der Waals surface area contributed by atoms with Gasteiger partial charge in [0.2, 0.25) is 5.76 Å². The molecular formula is C25H20FN3O3S. The van der Waals surface area contributed by atoms with Gasteiger partial charge in [0, 0.05) is 40.8 Å². The second-order valence-electron chi connectivity index (χ2n) is 7.86. The van der Waals surface area contributed by atoms with Crippen LogP contribution in [-0.4, -0.2) is 28.4 Å². The van der Waals surface area contributed by atoms with Crippen molar-refractivity contribution in [2.45, 2.75) is 19.9 Å². The minimum Gasteiger partial charge on any atom is -0.350 e. The third-order valence-corrected chi connectivity index (χ3v) is 6.78. The number of hydrogen-bond acceptors (Lipinski definition) is 5. The Morgan fingerprint density at radius 2 is 2.00 bits per heavy atom. The van der Waals surface area contributed by atoms with E-state index < -0.39 is 11.7 Å². The molecule has 2 amide bonds. The number of nitrogens with one attached hydrogen (secondary N) is 1. The van der Waals surface area contributed by atoms with Crippen molar-refractivity contribution >= 4 is 28.8 Å². The third-order valence-electron chi connectivity index (χ3n) is 5.76. The summed E-state index contributed by atoms with van der Waals surface area (Å²) in [6.45, 7) is 3.07. The average molecular weight is 462 g/mol. The number of rotatable bonds is 4. The lowest BCUT2D eigenvalue weighted by Gasteiger charge is -2.28. The number of hydrogen-bond donors (Lipinski definition) is 1. The number of nitrogens with zero attached hydrogens (tertiary/aromatic N) is 2. The summed E-state index contributed by atoms with van der Waals surface area (Å²) in [4.78, 5) is 29.1. The predicted octanol–water partition coefficient (Wildman–Crippen LogP) is 5.30. The minimum atomic E-state index is -0.501. The maximum atomic E-state index is 13.5. The van der Waals surface area contributed by atoms with Gasteiger partial charge in [0.25, 0.3) is 11.8 Å². The SMILES string of the molecule is Cc1c(NC(=O)c2cc(-c3cccc(F)c3)no2)cccc1C(=O)N1CCc2sccc2C1. The van der Waals surface area contributed by atoms with Crippen molar-refractivity contribution in [2.24, 2.45) is 0 Å². The van der Waals surface area contributed by atoms with E-state index in [1.165, 1.54) is 28.6 Å². The summed E-state index contributed by atoms with van der Waals surface area (Å²) in [5, 5.41) is 8.73. The smallest absolute Gasteiger partial charge is 0.294 e. The van der Waals surface area contributed by atoms with Crippen molar-refractivity contribution in [3.05, 3.63) is 93.1 Å². The summed E-state index contributed by atoms with van der Waals surface area (Å²) >= 11 is 1.73. The highest BCUT2D eigenvalue weighted by Crippen LogP contribution is 2.27. The first-order chi connectivity index (χ1) is 16.0. The molecule has 33 heavy (non-hydrogen) atoms. The number of aromatic nitrogens is 1. The largest absolute Gasteiger partial charge is 0.350 e. The molecule has 0 saturated carbocycles. The zero-order chi connectivity index (χ0) is 22.9. The van der Waals surface area contributed by atoms with Gasteiger partial charge in [0.15, 0.2) is 0 Å². The molecule has 0 radical (unpaired) electrons. The van der Waals surface area contributed by atoms with Gasteiger partial charge in [-0.2, -0.15) is 0 Å². The normalized spacial score (nSPS) is 13.0. The first kappa shape index (κ1) is 21.1. The summed E-state index contributed by atoms with van der Waals surface area (Å²) in [7, 11) is 0. The topological polar surface area (TPSA) is 75.4 Å². The van der Waals surface area contributed by atoms with Crippen LogP contribution in [0.25, 0.3) is 11.3 Å². The van der Waals surface area contributed by atoms with E-state index in [0.717, 1.165) is 6.42 Å². The monoisotopic (exact) mass is 461 g/mol. The molecule has 6 nitrogen and oxygen atoms in total. The van der Waals surface area contributed by atoms with Crippen molar-refractivity contribution in [2.75, 3.05) is 11.9 Å². The summed E-state index contributed by atoms with van der Waals surface area (Å²) in [6.07, 6.45) is 0.855. The van der Waals surface area contributed by atoms with Crippen LogP contribution in [0.15, 0.2) is 64.5 Å². The fraction of sp³-hybridized carbons (Fsp3) is 0.160. The van der Waals surface area contributed by atoms with Gasteiger partial charge in [0.05, 0.1) is 0 Å². The molecule has 1 N–H and O–H groups in total. The van der Waals surface area contributed by atoms with E-state index in [0.29, 0.717) is 41.2 Å². The number of fused-ring (bicyclic) bond motifs is 1. The molecule has 166 valence electrons. The molecule has 2 aromatic carbocycles. The van der Waals surface area contributed by atoms with Gasteiger partial charge in [-0.05, 0) is 60.2 Å². The Hall–Kier alpha value is -3.78. The second kappa shape index (κ2) is 8.63. The lowest BCUT2D eigenvalue weighted by molar-refractivity contribution is 0.0735. The van der Waals surface area contributed by atoms with E-state index in [1.807, 2.05) is 4.90 Å². The van der Waals surface area contributed by atoms with Crippen molar-refractivity contribution in [3.8, 4) is 11.3 Å². The van der Waals surface area contributed by atoms with E-state index in [-0.39, 0.29) is 11.7 Å². The van der Waals surface area contributed by atoms with Gasteiger partial charge in [0.1, 0.15) is 11.5 Å². The molecule has 1 aliphatic heterocycles. The van der Waals surface area contributed by atoms with Gasteiger partial charge in [-0.3, -0.25) is 9.59 Å². The van der Waals surface area contributed by atoms with Gasteiger partial charge >= 0.3 is 0 Å². The van der Waals surface area contributed by atoms with Crippen LogP contribution >= 0.6 is 11.3 Å². The van der Waals surface area contributed by atoms with Crippen molar-refractivity contribution in [1.29, 1.82) is 0 Å². The molecule has 1 aliphatic rings. The first-order valence-electron chi connectivity index (χ1n) is 10.5. The number of thiophene rings is 1. The molecular weight excluding hydrogens is 441 g/mol. The lowest BCUT2D eigenvalue weighted by atomic mass is 10.0. The summed E-state index contributed by atoms with van der Waals surface area (Å²) < 4.78 is 18.6. The summed E-state index contributed by atoms with van der Waals surface area (Å²) in [5.41, 5.74) is 3.81. The molecule has 3 heterocycles. The van der Waals surface area contributed by atoms with Crippen LogP contribution in [0.1, 0.15) is 36.9 Å². The molecule has 5 rings (SSSR count). The third kappa shape index (κ3) is 4.17. The number of benzene rings is 2. The van der Waals surface area contributed by atoms with Crippen LogP contribution < -0.4 is 5.32 Å². The Kier molecular flexibility index (Phi) is 5.51. The predicted molar refractivity (Wildman–Crippen MR) is 124 cm³/mol. The molecule has 0 saturated heterocycles. The Labute approximate surface area is 193 Å². The Morgan fingerprint density at radius 3 is 2.85 bits per heavy atom. The maximum absolute atomic E-state index is 13.5. The highest BCUT2D eigenvalue weighted by Gasteiger charge is 2.24. The Bertz CT molecular complexity index is 1360. The minimum absolute atomic E-state index is 0.00796. The van der Waals surface area contributed by atoms with Gasteiger partial charge in [-0.1, -0.05) is 23.4 Å². The molecule has 0 atom stereocenters. The molecule has 0 spiro atoms. The zero-order valence-corrected chi connectivity index (χ0v) is 18.6. The van der Waals surface area contributed by atoms with Crippen molar-refractivity contribution in [1.82, 2.24) is 10.1 Å². The summed E-state index contributed by atoms with van der Waals surface area (Å²) in [5.74, 6) is -0.971. The highest BCUT2D eigenvalue weighted by atomic mass is 32.1. The quantitative estimate of drug-likeness (QED) is 0.447. The van der Waals surface area contributed by atoms with E-state index >= 15 is 0 Å². The molecule has 0 aliphatic carbocycles. The van der Waals surface area contributed by atoms with E-state index in [9.17, 15) is 14.0 Å². The maximum Gasteiger partial charge on any atom is 0.294 e. The van der Waals surface area contributed by atoms with Crippen molar-refractivity contribution in [3.63, 3.8) is 0 Å². The fourth-order valence-corrected chi connectivity index (χ4v) is 4.83. The van der Waals surface area contributed by atoms with Crippen LogP contribution in [0.2, 0.25) is 0 Å². The van der Waals surface area contributed by atoms with Crippen LogP contribution in [0.3, 0.4) is 0 Å². The van der Waals surface area contributed by atoms with Crippen LogP contribution in [0.4, 0.5) is 10.1 Å². The fourth-order valence-electron chi connectivity index (χ4n) is 3.94. The number of halogens is 1. The molecule has 0 bridgehead atoms. The molecule has 4 aromatic rings. The van der Waals surface area contributed by atoms with Gasteiger partial charge < -0.3 is 14.7 Å². The van der Waals surface area contributed by atoms with Gasteiger partial charge in [-0.25, -0.2) is 4.39 Å². The van der Waals surface area contributed by atoms with E-state index in [2.05, 4.69) is 21.9 Å². The highest BCUT2D eigenvalue weighted by molar-refractivity contribution is 7.10. The lowest BCUT2D eigenvalue weighted by Crippen LogP contribution is -2.35. The number of carbonyl (C=O) groups is 2. The standard InChI is InChI=1S/C25H20FN3O3S/c1-15-19(25(31)29-10-8-23-17(14-29)9-11-33-23)6-3-7-20(15)27-24(30)22-13-21(28-32-22)16-4-2-5-18(26)12-16/h2-7,9,11-13H,8,10,14H2,1H3,(H,27,30). The summed E-state index contributed by atoms with van der Waals surface area (Å²) in [6, 6.07) is 14.7. The number of anilines is 1. The molecule has 2 aromatic heterocycles. The van der Waals surface area contributed by atoms with Crippen LogP contribution in [0.5, 0.6) is 0 Å². The van der Waals surface area contributed by atoms with E-state index in [4.69, 9.17) is 4.52 Å². The Balaban J connectivity index is 1.33. The number of carbonyl (C=O) groups excluding carboxylic acids is 2. The zero-order valence-electron chi connectivity index (χ0n) is 17.8. The average Bonchev–Trinajstić information content (AvgIpc) is 3.49. The van der Waals surface area contributed by atoms with Gasteiger partial charge in [-0.15, -0.1) is 11.3 Å². The first-order valence-corrected chi connectivity index (χ1v) is 11.4. The Morgan fingerprint density at radius 1 is 1.15 bits per heavy atom. The molecule has 0 unspecified atom stereocenters. The van der Waals surface area contributed by atoms with E-state index in [1.54, 1.807) is 48.6 Å². The van der Waals surface area contributed by atoms with Crippen LogP contribution in [0, 0.1) is 12.7 Å². The molecule has 8 heteroatoms. The molecule has 0 fully saturated rings. The van der Waals surface area contributed by atoms with Crippen LogP contribution in [-0.2, 0) is 13.0 Å². The van der Waals surface area contributed by atoms with Crippen molar-refractivity contribution < 1.29 is 18.5 Å². The number of amides is 2.